The summed E-state index contributed by atoms with van der Waals surface area (Å²) >= 11 is 7.69. The number of rotatable bonds is 4. The summed E-state index contributed by atoms with van der Waals surface area (Å²) in [6.45, 7) is 1.48. The molecule has 0 aliphatic carbocycles. The molecule has 1 amide bonds. The minimum absolute atomic E-state index is 0.112. The van der Waals surface area contributed by atoms with Crippen LogP contribution in [0.1, 0.15) is 27.0 Å². The molecule has 0 atom stereocenters. The maximum Gasteiger partial charge on any atom is 0.254 e. The molecule has 0 saturated carbocycles. The summed E-state index contributed by atoms with van der Waals surface area (Å²) in [4.78, 5) is 16.0. The second kappa shape index (κ2) is 8.20. The zero-order chi connectivity index (χ0) is 18.6. The molecule has 3 aromatic carbocycles. The fourth-order valence-corrected chi connectivity index (χ4v) is 4.27. The van der Waals surface area contributed by atoms with Crippen LogP contribution in [0.5, 0.6) is 0 Å². The van der Waals surface area contributed by atoms with Gasteiger partial charge in [0.1, 0.15) is 0 Å². The maximum atomic E-state index is 12.8. The topological polar surface area (TPSA) is 20.3 Å². The van der Waals surface area contributed by atoms with Crippen LogP contribution in [0.25, 0.3) is 0 Å². The van der Waals surface area contributed by atoms with E-state index in [9.17, 15) is 4.79 Å². The number of carbonyl (C=O) groups is 1. The molecule has 1 aliphatic heterocycles. The summed E-state index contributed by atoms with van der Waals surface area (Å²) in [5, 5.41) is 0.752. The van der Waals surface area contributed by atoms with E-state index in [1.807, 2.05) is 59.5 Å². The molecule has 2 nitrogen and oxygen atoms in total. The van der Waals surface area contributed by atoms with Crippen LogP contribution >= 0.6 is 23.4 Å². The molecule has 0 N–H and O–H groups in total. The number of carbonyl (C=O) groups excluding carboxylic acids is 1. The molecule has 136 valence electrons. The number of benzene rings is 3. The van der Waals surface area contributed by atoms with Gasteiger partial charge in [-0.15, -0.1) is 11.8 Å². The largest absolute Gasteiger partial charge is 0.334 e. The van der Waals surface area contributed by atoms with Crippen molar-refractivity contribution in [2.75, 3.05) is 6.54 Å². The smallest absolute Gasteiger partial charge is 0.254 e. The van der Waals surface area contributed by atoms with Gasteiger partial charge in [0.2, 0.25) is 0 Å². The van der Waals surface area contributed by atoms with Gasteiger partial charge in [0, 0.05) is 34.3 Å². The second-order valence-corrected chi connectivity index (χ2v) is 8.17. The lowest BCUT2D eigenvalue weighted by Crippen LogP contribution is -2.35. The van der Waals surface area contributed by atoms with Crippen molar-refractivity contribution in [2.24, 2.45) is 0 Å². The van der Waals surface area contributed by atoms with Gasteiger partial charge in [0.05, 0.1) is 0 Å². The van der Waals surface area contributed by atoms with Crippen molar-refractivity contribution in [1.82, 2.24) is 4.90 Å². The van der Waals surface area contributed by atoms with E-state index in [1.54, 1.807) is 11.8 Å². The van der Waals surface area contributed by atoms with Crippen molar-refractivity contribution in [3.8, 4) is 0 Å². The summed E-state index contributed by atoms with van der Waals surface area (Å²) in [6, 6.07) is 24.2. The normalized spacial score (nSPS) is 13.3. The van der Waals surface area contributed by atoms with Crippen molar-refractivity contribution in [3.63, 3.8) is 0 Å². The van der Waals surface area contributed by atoms with Crippen LogP contribution < -0.4 is 0 Å². The summed E-state index contributed by atoms with van der Waals surface area (Å²) in [7, 11) is 0. The molecule has 27 heavy (non-hydrogen) atoms. The predicted molar refractivity (Wildman–Crippen MR) is 112 cm³/mol. The van der Waals surface area contributed by atoms with Gasteiger partial charge in [-0.1, -0.05) is 48.0 Å². The molecule has 0 radical (unpaired) electrons. The average Bonchev–Trinajstić information content (AvgIpc) is 2.73. The van der Waals surface area contributed by atoms with Crippen LogP contribution in [0.4, 0.5) is 0 Å². The lowest BCUT2D eigenvalue weighted by atomic mass is 9.99. The van der Waals surface area contributed by atoms with Crippen molar-refractivity contribution >= 4 is 29.3 Å². The average molecular weight is 394 g/mol. The van der Waals surface area contributed by atoms with Crippen LogP contribution in [0, 0.1) is 0 Å². The van der Waals surface area contributed by atoms with E-state index in [-0.39, 0.29) is 5.91 Å². The number of thioether (sulfide) groups is 1. The maximum absolute atomic E-state index is 12.8. The SMILES string of the molecule is O=C(c1ccc(CSc2ccc(Cl)cc2)cc1)N1CCc2ccccc2C1. The quantitative estimate of drug-likeness (QED) is 0.519. The summed E-state index contributed by atoms with van der Waals surface area (Å²) in [5.74, 6) is 0.981. The molecule has 3 aromatic rings. The second-order valence-electron chi connectivity index (χ2n) is 6.68. The molecule has 0 fully saturated rings. The van der Waals surface area contributed by atoms with Crippen LogP contribution in [0.2, 0.25) is 5.02 Å². The van der Waals surface area contributed by atoms with Crippen LogP contribution in [-0.2, 0) is 18.7 Å². The number of nitrogens with zero attached hydrogens (tertiary/aromatic N) is 1. The fourth-order valence-electron chi connectivity index (χ4n) is 3.29. The van der Waals surface area contributed by atoms with E-state index in [0.717, 1.165) is 29.3 Å². The van der Waals surface area contributed by atoms with E-state index >= 15 is 0 Å². The van der Waals surface area contributed by atoms with Gasteiger partial charge in [-0.2, -0.15) is 0 Å². The van der Waals surface area contributed by atoms with E-state index in [0.29, 0.717) is 6.54 Å². The van der Waals surface area contributed by atoms with Gasteiger partial charge in [0.15, 0.2) is 0 Å². The first-order valence-corrected chi connectivity index (χ1v) is 10.4. The number of amides is 1. The highest BCUT2D eigenvalue weighted by Gasteiger charge is 2.21. The zero-order valence-corrected chi connectivity index (χ0v) is 16.5. The van der Waals surface area contributed by atoms with Gasteiger partial charge in [-0.3, -0.25) is 4.79 Å². The number of hydrogen-bond donors (Lipinski definition) is 0. The molecule has 4 rings (SSSR count). The first-order valence-electron chi connectivity index (χ1n) is 9.02. The van der Waals surface area contributed by atoms with Crippen molar-refractivity contribution in [1.29, 1.82) is 0 Å². The summed E-state index contributed by atoms with van der Waals surface area (Å²) in [5.41, 5.74) is 4.58. The molecule has 0 bridgehead atoms. The van der Waals surface area contributed by atoms with E-state index in [2.05, 4.69) is 18.2 Å². The Morgan fingerprint density at radius 3 is 2.37 bits per heavy atom. The number of fused-ring (bicyclic) bond motifs is 1. The zero-order valence-electron chi connectivity index (χ0n) is 14.9. The Morgan fingerprint density at radius 1 is 0.926 bits per heavy atom. The van der Waals surface area contributed by atoms with Crippen molar-refractivity contribution < 1.29 is 4.79 Å². The molecule has 1 aliphatic rings. The predicted octanol–water partition coefficient (Wildman–Crippen LogP) is 5.83. The molecule has 0 unspecified atom stereocenters. The van der Waals surface area contributed by atoms with Gasteiger partial charge < -0.3 is 4.90 Å². The van der Waals surface area contributed by atoms with Gasteiger partial charge in [-0.25, -0.2) is 0 Å². The van der Waals surface area contributed by atoms with Gasteiger partial charge >= 0.3 is 0 Å². The van der Waals surface area contributed by atoms with E-state index in [1.165, 1.54) is 21.6 Å². The van der Waals surface area contributed by atoms with Crippen LogP contribution in [0.3, 0.4) is 0 Å². The molecule has 4 heteroatoms. The third-order valence-electron chi connectivity index (χ3n) is 4.84. The minimum Gasteiger partial charge on any atom is -0.334 e. The van der Waals surface area contributed by atoms with Crippen LogP contribution in [-0.4, -0.2) is 17.4 Å². The molecular weight excluding hydrogens is 374 g/mol. The summed E-state index contributed by atoms with van der Waals surface area (Å²) in [6.07, 6.45) is 0.928. The standard InChI is InChI=1S/C23H20ClNOS/c24-21-9-11-22(12-10-21)27-16-17-5-7-19(8-6-17)23(26)25-14-13-18-3-1-2-4-20(18)15-25/h1-12H,13-16H2. The Bertz CT molecular complexity index is 937. The highest BCUT2D eigenvalue weighted by molar-refractivity contribution is 7.98. The Labute approximate surface area is 169 Å². The monoisotopic (exact) mass is 393 g/mol. The first kappa shape index (κ1) is 18.1. The Morgan fingerprint density at radius 2 is 1.63 bits per heavy atom. The number of halogens is 1. The highest BCUT2D eigenvalue weighted by atomic mass is 35.5. The Balaban J connectivity index is 1.38. The van der Waals surface area contributed by atoms with Gasteiger partial charge in [0.25, 0.3) is 5.91 Å². The van der Waals surface area contributed by atoms with Gasteiger partial charge in [-0.05, 0) is 59.5 Å². The molecular formula is C23H20ClNOS. The minimum atomic E-state index is 0.112. The van der Waals surface area contributed by atoms with Crippen LogP contribution in [0.15, 0.2) is 77.7 Å². The van der Waals surface area contributed by atoms with Crippen molar-refractivity contribution in [3.05, 3.63) is 100 Å². The van der Waals surface area contributed by atoms with E-state index < -0.39 is 0 Å². The third-order valence-corrected chi connectivity index (χ3v) is 6.17. The fraction of sp³-hybridized carbons (Fsp3) is 0.174. The van der Waals surface area contributed by atoms with Crippen molar-refractivity contribution in [2.45, 2.75) is 23.6 Å². The summed E-state index contributed by atoms with van der Waals surface area (Å²) < 4.78 is 0. The van der Waals surface area contributed by atoms with E-state index in [4.69, 9.17) is 11.6 Å². The first-order chi connectivity index (χ1) is 13.2. The molecule has 0 aromatic heterocycles. The Hall–Kier alpha value is -2.23. The molecule has 1 heterocycles. The number of hydrogen-bond acceptors (Lipinski definition) is 2. The molecule has 0 saturated heterocycles. The Kier molecular flexibility index (Phi) is 5.51. The lowest BCUT2D eigenvalue weighted by Gasteiger charge is -2.29. The lowest BCUT2D eigenvalue weighted by molar-refractivity contribution is 0.0734. The highest BCUT2D eigenvalue weighted by Crippen LogP contribution is 2.25. The third kappa shape index (κ3) is 4.37. The molecule has 0 spiro atoms.